The maximum atomic E-state index is 6.06. The fourth-order valence-electron chi connectivity index (χ4n) is 2.97. The van der Waals surface area contributed by atoms with Crippen molar-refractivity contribution in [3.63, 3.8) is 0 Å². The number of pyridine rings is 1. The van der Waals surface area contributed by atoms with Crippen LogP contribution in [0.5, 0.6) is 0 Å². The van der Waals surface area contributed by atoms with Crippen molar-refractivity contribution in [3.05, 3.63) is 71.4 Å². The van der Waals surface area contributed by atoms with E-state index in [1.54, 1.807) is 0 Å². The Balaban J connectivity index is 1.57. The lowest BCUT2D eigenvalue weighted by molar-refractivity contribution is 0.316. The normalized spacial score (nSPS) is 12.5. The van der Waals surface area contributed by atoms with Gasteiger partial charge in [0.05, 0.1) is 5.52 Å². The molecular weight excluding hydrogens is 330 g/mol. The first-order valence-corrected chi connectivity index (χ1v) is 9.03. The molecule has 3 aromatic rings. The Morgan fingerprint density at radius 3 is 2.72 bits per heavy atom. The maximum Gasteiger partial charge on any atom is 0.0737 e. The third-order valence-corrected chi connectivity index (χ3v) is 4.58. The number of nitrogens with one attached hydrogen (secondary N) is 1. The summed E-state index contributed by atoms with van der Waals surface area (Å²) in [5, 5.41) is 5.44. The van der Waals surface area contributed by atoms with Crippen LogP contribution in [0.15, 0.2) is 60.8 Å². The molecule has 0 radical (unpaired) electrons. The van der Waals surface area contributed by atoms with E-state index in [0.29, 0.717) is 11.1 Å². The van der Waals surface area contributed by atoms with Gasteiger partial charge < -0.3 is 10.2 Å². The average Bonchev–Trinajstić information content (AvgIpc) is 2.61. The Hall–Kier alpha value is -2.10. The lowest BCUT2D eigenvalue weighted by Crippen LogP contribution is -2.25. The van der Waals surface area contributed by atoms with Gasteiger partial charge in [0.1, 0.15) is 0 Å². The molecule has 4 heteroatoms. The lowest BCUT2D eigenvalue weighted by atomic mass is 10.1. The fourth-order valence-corrected chi connectivity index (χ4v) is 3.14. The Labute approximate surface area is 154 Å². The molecule has 1 heterocycles. The van der Waals surface area contributed by atoms with Crippen molar-refractivity contribution in [2.45, 2.75) is 25.9 Å². The van der Waals surface area contributed by atoms with E-state index in [1.165, 1.54) is 5.56 Å². The second-order valence-electron chi connectivity index (χ2n) is 6.58. The second kappa shape index (κ2) is 8.32. The zero-order valence-electron chi connectivity index (χ0n) is 14.7. The van der Waals surface area contributed by atoms with Crippen LogP contribution >= 0.6 is 11.6 Å². The molecule has 0 spiro atoms. The zero-order valence-corrected chi connectivity index (χ0v) is 15.5. The topological polar surface area (TPSA) is 28.2 Å². The monoisotopic (exact) mass is 353 g/mol. The molecular formula is C21H24ClN3. The first-order valence-electron chi connectivity index (χ1n) is 8.65. The van der Waals surface area contributed by atoms with Crippen LogP contribution < -0.4 is 5.32 Å². The van der Waals surface area contributed by atoms with Gasteiger partial charge in [-0.1, -0.05) is 41.9 Å². The Bertz CT molecular complexity index is 820. The fraction of sp³-hybridized carbons (Fsp3) is 0.286. The molecule has 25 heavy (non-hydrogen) atoms. The Morgan fingerprint density at radius 2 is 1.92 bits per heavy atom. The molecule has 1 aromatic heterocycles. The summed E-state index contributed by atoms with van der Waals surface area (Å²) in [5.41, 5.74) is 3.38. The van der Waals surface area contributed by atoms with Crippen LogP contribution in [0.4, 0.5) is 5.69 Å². The third-order valence-electron chi connectivity index (χ3n) is 4.35. The number of hydrogen-bond donors (Lipinski definition) is 1. The average molecular weight is 354 g/mol. The number of benzene rings is 2. The molecule has 0 aliphatic heterocycles. The summed E-state index contributed by atoms with van der Waals surface area (Å²) in [7, 11) is 2.17. The Morgan fingerprint density at radius 1 is 1.12 bits per heavy atom. The Kier molecular flexibility index (Phi) is 5.90. The van der Waals surface area contributed by atoms with Gasteiger partial charge in [0, 0.05) is 41.4 Å². The van der Waals surface area contributed by atoms with Crippen LogP contribution in [0.25, 0.3) is 10.9 Å². The predicted molar refractivity (Wildman–Crippen MR) is 107 cm³/mol. The summed E-state index contributed by atoms with van der Waals surface area (Å²) < 4.78 is 0. The smallest absolute Gasteiger partial charge is 0.0737 e. The molecule has 0 saturated heterocycles. The van der Waals surface area contributed by atoms with Crippen molar-refractivity contribution >= 4 is 28.2 Å². The van der Waals surface area contributed by atoms with E-state index in [2.05, 4.69) is 59.5 Å². The molecule has 0 fully saturated rings. The van der Waals surface area contributed by atoms with Gasteiger partial charge in [-0.05, 0) is 50.2 Å². The van der Waals surface area contributed by atoms with E-state index >= 15 is 0 Å². The van der Waals surface area contributed by atoms with Crippen molar-refractivity contribution in [1.29, 1.82) is 0 Å². The van der Waals surface area contributed by atoms with Crippen LogP contribution in [0.1, 0.15) is 18.9 Å². The van der Waals surface area contributed by atoms with Gasteiger partial charge in [0.2, 0.25) is 0 Å². The van der Waals surface area contributed by atoms with Crippen molar-refractivity contribution in [2.24, 2.45) is 0 Å². The highest BCUT2D eigenvalue weighted by Gasteiger charge is 2.08. The third kappa shape index (κ3) is 4.94. The summed E-state index contributed by atoms with van der Waals surface area (Å²) in [4.78, 5) is 6.76. The van der Waals surface area contributed by atoms with E-state index in [1.807, 2.05) is 30.5 Å². The van der Waals surface area contributed by atoms with Crippen LogP contribution in [0.3, 0.4) is 0 Å². The SMILES string of the molecule is CC(CCN(C)Cc1ccccc1)Nc1ccnc2cc(Cl)ccc12. The minimum atomic E-state index is 0.375. The highest BCUT2D eigenvalue weighted by Crippen LogP contribution is 2.25. The first-order chi connectivity index (χ1) is 12.1. The summed E-state index contributed by atoms with van der Waals surface area (Å²) in [6.07, 6.45) is 2.90. The molecule has 3 nitrogen and oxygen atoms in total. The van der Waals surface area contributed by atoms with E-state index in [0.717, 1.165) is 36.1 Å². The van der Waals surface area contributed by atoms with Gasteiger partial charge in [0.15, 0.2) is 0 Å². The van der Waals surface area contributed by atoms with E-state index in [4.69, 9.17) is 11.6 Å². The molecule has 1 N–H and O–H groups in total. The van der Waals surface area contributed by atoms with Gasteiger partial charge in [-0.25, -0.2) is 0 Å². The van der Waals surface area contributed by atoms with E-state index < -0.39 is 0 Å². The van der Waals surface area contributed by atoms with Gasteiger partial charge in [-0.3, -0.25) is 4.98 Å². The largest absolute Gasteiger partial charge is 0.382 e. The van der Waals surface area contributed by atoms with Gasteiger partial charge in [-0.2, -0.15) is 0 Å². The number of aromatic nitrogens is 1. The predicted octanol–water partition coefficient (Wildman–Crippen LogP) is 5.21. The zero-order chi connectivity index (χ0) is 17.6. The van der Waals surface area contributed by atoms with Crippen molar-refractivity contribution in [3.8, 4) is 0 Å². The number of rotatable bonds is 7. The minimum absolute atomic E-state index is 0.375. The van der Waals surface area contributed by atoms with E-state index in [9.17, 15) is 0 Å². The molecule has 1 unspecified atom stereocenters. The molecule has 2 aromatic carbocycles. The maximum absolute atomic E-state index is 6.06. The summed E-state index contributed by atoms with van der Waals surface area (Å²) >= 11 is 6.06. The minimum Gasteiger partial charge on any atom is -0.382 e. The number of fused-ring (bicyclic) bond motifs is 1. The van der Waals surface area contributed by atoms with Crippen molar-refractivity contribution in [2.75, 3.05) is 18.9 Å². The van der Waals surface area contributed by atoms with Crippen molar-refractivity contribution in [1.82, 2.24) is 9.88 Å². The number of halogens is 1. The highest BCUT2D eigenvalue weighted by atomic mass is 35.5. The molecule has 1 atom stereocenters. The van der Waals surface area contributed by atoms with Crippen LogP contribution in [0.2, 0.25) is 5.02 Å². The summed E-state index contributed by atoms with van der Waals surface area (Å²) in [6.45, 7) is 4.24. The number of anilines is 1. The molecule has 0 aliphatic carbocycles. The molecule has 0 saturated carbocycles. The van der Waals surface area contributed by atoms with Gasteiger partial charge in [0.25, 0.3) is 0 Å². The van der Waals surface area contributed by atoms with Crippen LogP contribution in [0, 0.1) is 0 Å². The second-order valence-corrected chi connectivity index (χ2v) is 7.01. The van der Waals surface area contributed by atoms with E-state index in [-0.39, 0.29) is 0 Å². The first kappa shape index (κ1) is 17.7. The molecule has 0 bridgehead atoms. The standard InChI is InChI=1S/C21H24ClN3/c1-16(11-13-25(2)15-17-6-4-3-5-7-17)24-20-10-12-23-21-14-18(22)8-9-19(20)21/h3-10,12,14,16H,11,13,15H2,1-2H3,(H,23,24). The lowest BCUT2D eigenvalue weighted by Gasteiger charge is -2.21. The molecule has 130 valence electrons. The number of hydrogen-bond acceptors (Lipinski definition) is 3. The highest BCUT2D eigenvalue weighted by molar-refractivity contribution is 6.31. The quantitative estimate of drug-likeness (QED) is 0.632. The molecule has 0 aliphatic rings. The molecule has 3 rings (SSSR count). The summed E-state index contributed by atoms with van der Waals surface area (Å²) in [5.74, 6) is 0. The van der Waals surface area contributed by atoms with Crippen LogP contribution in [-0.4, -0.2) is 29.5 Å². The van der Waals surface area contributed by atoms with Gasteiger partial charge >= 0.3 is 0 Å². The van der Waals surface area contributed by atoms with Crippen LogP contribution in [-0.2, 0) is 6.54 Å². The number of nitrogens with zero attached hydrogens (tertiary/aromatic N) is 2. The molecule has 0 amide bonds. The summed E-state index contributed by atoms with van der Waals surface area (Å²) in [6, 6.07) is 18.8. The van der Waals surface area contributed by atoms with Gasteiger partial charge in [-0.15, -0.1) is 0 Å². The van der Waals surface area contributed by atoms with Crippen molar-refractivity contribution < 1.29 is 0 Å².